The van der Waals surface area contributed by atoms with Gasteiger partial charge in [-0.1, -0.05) is 6.42 Å². The van der Waals surface area contributed by atoms with Crippen LogP contribution in [0.3, 0.4) is 0 Å². The van der Waals surface area contributed by atoms with Crippen molar-refractivity contribution >= 4 is 18.2 Å². The van der Waals surface area contributed by atoms with E-state index in [1.54, 1.807) is 5.01 Å². The Bertz CT molecular complexity index is 420. The number of amides is 1. The van der Waals surface area contributed by atoms with Crippen molar-refractivity contribution in [1.82, 2.24) is 5.01 Å². The molecular weight excluding hydrogens is 242 g/mol. The number of nitrogens with zero attached hydrogens (tertiary/aromatic N) is 3. The first-order valence-corrected chi connectivity index (χ1v) is 7.22. The molecule has 0 bridgehead atoms. The number of anilines is 2. The number of carbonyl (C=O) groups is 1. The maximum atomic E-state index is 11.3. The molecule has 1 amide bonds. The van der Waals surface area contributed by atoms with Gasteiger partial charge in [0.1, 0.15) is 0 Å². The number of piperidine rings is 1. The molecule has 3 rings (SSSR count). The average Bonchev–Trinajstić information content (AvgIpc) is 3.11. The first-order valence-electron chi connectivity index (χ1n) is 7.22. The standard InChI is InChI=1S/C14H21N3O2/c18-12-17(16-10-2-1-3-11-16)14-7-6-13(19-14)15-8-4-5-9-15/h6-7,12H,1-5,8-11H2. The van der Waals surface area contributed by atoms with Crippen molar-refractivity contribution in [1.29, 1.82) is 0 Å². The number of carbonyl (C=O) groups excluding carboxylic acids is 1. The van der Waals surface area contributed by atoms with Gasteiger partial charge in [-0.25, -0.2) is 10.0 Å². The molecule has 104 valence electrons. The summed E-state index contributed by atoms with van der Waals surface area (Å²) < 4.78 is 5.85. The fraction of sp³-hybridized carbons (Fsp3) is 0.643. The molecule has 2 aliphatic rings. The normalized spacial score (nSPS) is 20.7. The zero-order valence-corrected chi connectivity index (χ0v) is 11.3. The molecule has 1 aromatic rings. The van der Waals surface area contributed by atoms with E-state index in [9.17, 15) is 4.79 Å². The number of hydrogen-bond acceptors (Lipinski definition) is 4. The van der Waals surface area contributed by atoms with Crippen molar-refractivity contribution in [3.63, 3.8) is 0 Å². The predicted octanol–water partition coefficient (Wildman–Crippen LogP) is 2.24. The molecule has 0 atom stereocenters. The van der Waals surface area contributed by atoms with Gasteiger partial charge in [0.15, 0.2) is 5.88 Å². The molecule has 0 radical (unpaired) electrons. The summed E-state index contributed by atoms with van der Waals surface area (Å²) in [6.45, 7) is 3.96. The predicted molar refractivity (Wildman–Crippen MR) is 74.1 cm³/mol. The van der Waals surface area contributed by atoms with Crippen molar-refractivity contribution in [2.24, 2.45) is 0 Å². The van der Waals surface area contributed by atoms with Gasteiger partial charge in [0.05, 0.1) is 0 Å². The van der Waals surface area contributed by atoms with Crippen molar-refractivity contribution in [3.05, 3.63) is 12.1 Å². The van der Waals surface area contributed by atoms with Crippen LogP contribution >= 0.6 is 0 Å². The lowest BCUT2D eigenvalue weighted by molar-refractivity contribution is -0.110. The third-order valence-corrected chi connectivity index (χ3v) is 3.96. The molecule has 2 saturated heterocycles. The zero-order chi connectivity index (χ0) is 13.1. The van der Waals surface area contributed by atoms with Crippen molar-refractivity contribution in [2.75, 3.05) is 36.1 Å². The molecule has 0 spiro atoms. The molecule has 5 heteroatoms. The van der Waals surface area contributed by atoms with Crippen LogP contribution in [0.1, 0.15) is 32.1 Å². The van der Waals surface area contributed by atoms with Gasteiger partial charge in [-0.2, -0.15) is 0 Å². The summed E-state index contributed by atoms with van der Waals surface area (Å²) in [6, 6.07) is 3.87. The Morgan fingerprint density at radius 2 is 1.68 bits per heavy atom. The maximum absolute atomic E-state index is 11.3. The van der Waals surface area contributed by atoms with Crippen molar-refractivity contribution < 1.29 is 9.21 Å². The molecule has 0 aliphatic carbocycles. The van der Waals surface area contributed by atoms with Gasteiger partial charge in [-0.3, -0.25) is 4.79 Å². The summed E-state index contributed by atoms with van der Waals surface area (Å²) in [4.78, 5) is 13.6. The molecule has 0 unspecified atom stereocenters. The van der Waals surface area contributed by atoms with Crippen molar-refractivity contribution in [2.45, 2.75) is 32.1 Å². The summed E-state index contributed by atoms with van der Waals surface area (Å²) in [5.41, 5.74) is 0. The molecule has 2 fully saturated rings. The molecule has 5 nitrogen and oxygen atoms in total. The second kappa shape index (κ2) is 5.65. The van der Waals surface area contributed by atoms with E-state index < -0.39 is 0 Å². The Kier molecular flexibility index (Phi) is 3.73. The quantitative estimate of drug-likeness (QED) is 0.781. The van der Waals surface area contributed by atoms with E-state index in [4.69, 9.17) is 4.42 Å². The van der Waals surface area contributed by atoms with Gasteiger partial charge in [-0.05, 0) is 25.7 Å². The summed E-state index contributed by atoms with van der Waals surface area (Å²) in [5.74, 6) is 1.52. The van der Waals surface area contributed by atoms with E-state index in [-0.39, 0.29) is 0 Å². The zero-order valence-electron chi connectivity index (χ0n) is 11.3. The molecule has 19 heavy (non-hydrogen) atoms. The van der Waals surface area contributed by atoms with Crippen LogP contribution in [0.15, 0.2) is 16.5 Å². The summed E-state index contributed by atoms with van der Waals surface area (Å²) in [6.07, 6.45) is 6.84. The third kappa shape index (κ3) is 2.61. The van der Waals surface area contributed by atoms with Crippen LogP contribution in [-0.2, 0) is 4.79 Å². The second-order valence-corrected chi connectivity index (χ2v) is 5.27. The van der Waals surface area contributed by atoms with Crippen LogP contribution in [0.4, 0.5) is 11.8 Å². The highest BCUT2D eigenvalue weighted by Gasteiger charge is 2.22. The van der Waals surface area contributed by atoms with Crippen LogP contribution < -0.4 is 9.91 Å². The molecule has 3 heterocycles. The second-order valence-electron chi connectivity index (χ2n) is 5.27. The van der Waals surface area contributed by atoms with Crippen molar-refractivity contribution in [3.8, 4) is 0 Å². The lowest BCUT2D eigenvalue weighted by Crippen LogP contribution is -2.44. The Labute approximate surface area is 113 Å². The lowest BCUT2D eigenvalue weighted by atomic mass is 10.2. The van der Waals surface area contributed by atoms with E-state index >= 15 is 0 Å². The van der Waals surface area contributed by atoms with Gasteiger partial charge in [0.2, 0.25) is 12.3 Å². The van der Waals surface area contributed by atoms with Gasteiger partial charge >= 0.3 is 0 Å². The maximum Gasteiger partial charge on any atom is 0.231 e. The smallest absolute Gasteiger partial charge is 0.231 e. The largest absolute Gasteiger partial charge is 0.423 e. The first-order chi connectivity index (χ1) is 9.38. The summed E-state index contributed by atoms with van der Waals surface area (Å²) in [5, 5.41) is 3.70. The molecule has 0 saturated carbocycles. The highest BCUT2D eigenvalue weighted by molar-refractivity contribution is 5.71. The van der Waals surface area contributed by atoms with Gasteiger partial charge in [0.25, 0.3) is 0 Å². The minimum Gasteiger partial charge on any atom is -0.423 e. The topological polar surface area (TPSA) is 39.9 Å². The Morgan fingerprint density at radius 1 is 1.00 bits per heavy atom. The third-order valence-electron chi connectivity index (χ3n) is 3.96. The van der Waals surface area contributed by atoms with E-state index in [1.807, 2.05) is 12.1 Å². The fourth-order valence-electron chi connectivity index (χ4n) is 2.90. The molecule has 0 N–H and O–H groups in total. The van der Waals surface area contributed by atoms with Crippen LogP contribution in [0, 0.1) is 0 Å². The summed E-state index contributed by atoms with van der Waals surface area (Å²) >= 11 is 0. The minimum atomic E-state index is 0.638. The van der Waals surface area contributed by atoms with E-state index in [0.717, 1.165) is 51.3 Å². The number of furan rings is 1. The molecule has 0 aromatic carbocycles. The first kappa shape index (κ1) is 12.5. The Hall–Kier alpha value is -1.49. The Morgan fingerprint density at radius 3 is 2.37 bits per heavy atom. The Balaban J connectivity index is 1.73. The highest BCUT2D eigenvalue weighted by Crippen LogP contribution is 2.28. The molecule has 1 aromatic heterocycles. The highest BCUT2D eigenvalue weighted by atomic mass is 16.4. The van der Waals surface area contributed by atoms with Gasteiger partial charge < -0.3 is 9.32 Å². The fourth-order valence-corrected chi connectivity index (χ4v) is 2.90. The van der Waals surface area contributed by atoms with Crippen LogP contribution in [-0.4, -0.2) is 37.6 Å². The SMILES string of the molecule is O=CN(c1ccc(N2CCCC2)o1)N1CCCCC1. The number of hydrazine groups is 1. The van der Waals surface area contributed by atoms with Crippen LogP contribution in [0.2, 0.25) is 0 Å². The van der Waals surface area contributed by atoms with Gasteiger partial charge in [0, 0.05) is 38.3 Å². The number of rotatable bonds is 4. The summed E-state index contributed by atoms with van der Waals surface area (Å²) in [7, 11) is 0. The lowest BCUT2D eigenvalue weighted by Gasteiger charge is -2.32. The minimum absolute atomic E-state index is 0.638. The van der Waals surface area contributed by atoms with Crippen LogP contribution in [0.25, 0.3) is 0 Å². The molecule has 2 aliphatic heterocycles. The van der Waals surface area contributed by atoms with Gasteiger partial charge in [-0.15, -0.1) is 0 Å². The number of hydrogen-bond donors (Lipinski definition) is 0. The molecular formula is C14H21N3O2. The van der Waals surface area contributed by atoms with E-state index in [0.29, 0.717) is 5.88 Å². The van der Waals surface area contributed by atoms with E-state index in [2.05, 4.69) is 9.91 Å². The van der Waals surface area contributed by atoms with E-state index in [1.165, 1.54) is 19.3 Å². The monoisotopic (exact) mass is 263 g/mol. The average molecular weight is 263 g/mol. The van der Waals surface area contributed by atoms with Crippen LogP contribution in [0.5, 0.6) is 0 Å².